The molecule has 0 saturated heterocycles. The van der Waals surface area contributed by atoms with Gasteiger partial charge in [-0.2, -0.15) is 13.9 Å². The Morgan fingerprint density at radius 2 is 1.94 bits per heavy atom. The van der Waals surface area contributed by atoms with Crippen LogP contribution in [0.4, 0.5) is 13.9 Å². The highest BCUT2D eigenvalue weighted by atomic mass is 32.1. The number of thiazole rings is 1. The molecular formula is C21H23F2N7OS. The molecule has 11 heteroatoms. The van der Waals surface area contributed by atoms with Gasteiger partial charge in [-0.25, -0.2) is 19.6 Å². The average Bonchev–Trinajstić information content (AvgIpc) is 3.44. The normalized spacial score (nSPS) is 11.9. The number of aromatic nitrogens is 6. The van der Waals surface area contributed by atoms with Crippen molar-refractivity contribution in [2.24, 2.45) is 0 Å². The molecule has 0 saturated carbocycles. The second kappa shape index (κ2) is 8.38. The molecule has 0 aliphatic heterocycles. The maximum absolute atomic E-state index is 13.3. The highest BCUT2D eigenvalue weighted by molar-refractivity contribution is 7.19. The second-order valence-corrected chi connectivity index (χ2v) is 8.99. The summed E-state index contributed by atoms with van der Waals surface area (Å²) in [7, 11) is 0. The van der Waals surface area contributed by atoms with Crippen LogP contribution in [-0.4, -0.2) is 35.2 Å². The summed E-state index contributed by atoms with van der Waals surface area (Å²) in [6, 6.07) is 1.85. The lowest BCUT2D eigenvalue weighted by atomic mass is 10.0. The van der Waals surface area contributed by atoms with E-state index in [-0.39, 0.29) is 23.7 Å². The van der Waals surface area contributed by atoms with Crippen LogP contribution < -0.4 is 5.32 Å². The van der Waals surface area contributed by atoms with Gasteiger partial charge in [0.2, 0.25) is 0 Å². The van der Waals surface area contributed by atoms with Gasteiger partial charge in [-0.1, -0.05) is 25.2 Å². The highest BCUT2D eigenvalue weighted by Gasteiger charge is 2.22. The van der Waals surface area contributed by atoms with E-state index >= 15 is 0 Å². The third-order valence-corrected chi connectivity index (χ3v) is 6.08. The predicted octanol–water partition coefficient (Wildman–Crippen LogP) is 5.41. The summed E-state index contributed by atoms with van der Waals surface area (Å²) in [5, 5.41) is 8.15. The zero-order valence-corrected chi connectivity index (χ0v) is 19.1. The first-order valence-electron chi connectivity index (χ1n) is 10.2. The number of nitrogens with zero attached hydrogens (tertiary/aromatic N) is 6. The van der Waals surface area contributed by atoms with E-state index in [1.165, 1.54) is 12.4 Å². The van der Waals surface area contributed by atoms with Crippen LogP contribution >= 0.6 is 11.3 Å². The number of halogens is 2. The summed E-state index contributed by atoms with van der Waals surface area (Å²) in [6.45, 7) is 6.99. The summed E-state index contributed by atoms with van der Waals surface area (Å²) in [5.41, 5.74) is 2.37. The minimum Gasteiger partial charge on any atom is -0.298 e. The summed E-state index contributed by atoms with van der Waals surface area (Å²) in [5.74, 6) is -0.134. The molecule has 8 nitrogen and oxygen atoms in total. The van der Waals surface area contributed by atoms with Crippen molar-refractivity contribution in [1.82, 2.24) is 29.3 Å². The lowest BCUT2D eigenvalue weighted by Gasteiger charge is -2.11. The van der Waals surface area contributed by atoms with Crippen molar-refractivity contribution in [3.8, 4) is 10.7 Å². The van der Waals surface area contributed by atoms with E-state index in [1.54, 1.807) is 23.9 Å². The summed E-state index contributed by atoms with van der Waals surface area (Å²) >= 11 is 1.10. The van der Waals surface area contributed by atoms with Crippen LogP contribution in [-0.2, 0) is 0 Å². The number of anilines is 1. The van der Waals surface area contributed by atoms with Gasteiger partial charge in [0.15, 0.2) is 16.6 Å². The molecule has 4 heterocycles. The number of hydrogen-bond acceptors (Lipinski definition) is 6. The summed E-state index contributed by atoms with van der Waals surface area (Å²) in [6.07, 6.45) is 4.16. The first-order valence-corrected chi connectivity index (χ1v) is 11.0. The molecule has 0 atom stereocenters. The molecule has 0 aliphatic rings. The van der Waals surface area contributed by atoms with Crippen LogP contribution in [0, 0.1) is 6.92 Å². The van der Waals surface area contributed by atoms with Gasteiger partial charge in [-0.15, -0.1) is 0 Å². The lowest BCUT2D eigenvalue weighted by Crippen LogP contribution is -2.14. The Balaban J connectivity index is 1.71. The van der Waals surface area contributed by atoms with Crippen molar-refractivity contribution < 1.29 is 13.6 Å². The zero-order chi connectivity index (χ0) is 23.2. The van der Waals surface area contributed by atoms with Crippen LogP contribution in [0.2, 0.25) is 0 Å². The number of pyridine rings is 1. The lowest BCUT2D eigenvalue weighted by molar-refractivity contribution is 0.0720. The Bertz CT molecular complexity index is 1290. The minimum atomic E-state index is -2.72. The molecule has 0 fully saturated rings. The molecule has 1 amide bonds. The molecule has 0 aromatic carbocycles. The van der Waals surface area contributed by atoms with Crippen molar-refractivity contribution >= 4 is 33.4 Å². The van der Waals surface area contributed by atoms with Crippen molar-refractivity contribution in [2.75, 3.05) is 5.32 Å². The molecule has 0 bridgehead atoms. The van der Waals surface area contributed by atoms with E-state index in [9.17, 15) is 13.6 Å². The number of alkyl halides is 2. The van der Waals surface area contributed by atoms with Gasteiger partial charge in [-0.05, 0) is 32.8 Å². The number of hydrogen-bond donors (Lipinski definition) is 1. The van der Waals surface area contributed by atoms with Gasteiger partial charge in [0.1, 0.15) is 0 Å². The monoisotopic (exact) mass is 459 g/mol. The van der Waals surface area contributed by atoms with Gasteiger partial charge in [0.25, 0.3) is 5.91 Å². The second-order valence-electron chi connectivity index (χ2n) is 7.99. The van der Waals surface area contributed by atoms with Gasteiger partial charge in [0, 0.05) is 24.1 Å². The molecule has 32 heavy (non-hydrogen) atoms. The third kappa shape index (κ3) is 3.88. The maximum Gasteiger partial charge on any atom is 0.320 e. The van der Waals surface area contributed by atoms with Crippen LogP contribution in [0.3, 0.4) is 0 Å². The fourth-order valence-corrected chi connectivity index (χ4v) is 4.33. The first kappa shape index (κ1) is 22.0. The molecule has 0 aliphatic carbocycles. The number of nitrogens with one attached hydrogen (secondary N) is 1. The number of carbonyl (C=O) groups is 1. The molecule has 0 unspecified atom stereocenters. The van der Waals surface area contributed by atoms with Crippen molar-refractivity contribution in [3.63, 3.8) is 0 Å². The largest absolute Gasteiger partial charge is 0.320 e. The summed E-state index contributed by atoms with van der Waals surface area (Å²) in [4.78, 5) is 26.8. The van der Waals surface area contributed by atoms with Gasteiger partial charge in [0.05, 0.1) is 27.7 Å². The Kier molecular flexibility index (Phi) is 5.76. The Morgan fingerprint density at radius 3 is 2.59 bits per heavy atom. The van der Waals surface area contributed by atoms with Gasteiger partial charge >= 0.3 is 6.55 Å². The molecule has 0 spiro atoms. The fourth-order valence-electron chi connectivity index (χ4n) is 3.37. The average molecular weight is 460 g/mol. The Labute approximate surface area is 187 Å². The number of rotatable bonds is 6. The van der Waals surface area contributed by atoms with Crippen molar-refractivity contribution in [1.29, 1.82) is 0 Å². The number of amides is 1. The molecule has 4 aromatic rings. The van der Waals surface area contributed by atoms with E-state index in [0.29, 0.717) is 32.3 Å². The predicted molar refractivity (Wildman–Crippen MR) is 119 cm³/mol. The van der Waals surface area contributed by atoms with Gasteiger partial charge < -0.3 is 0 Å². The van der Waals surface area contributed by atoms with Gasteiger partial charge in [-0.3, -0.25) is 14.7 Å². The molecule has 1 N–H and O–H groups in total. The first-order chi connectivity index (χ1) is 15.2. The quantitative estimate of drug-likeness (QED) is 0.416. The Hall–Kier alpha value is -3.21. The summed E-state index contributed by atoms with van der Waals surface area (Å²) < 4.78 is 29.1. The van der Waals surface area contributed by atoms with Crippen LogP contribution in [0.15, 0.2) is 24.7 Å². The topological polar surface area (TPSA) is 90.5 Å². The van der Waals surface area contributed by atoms with Crippen LogP contribution in [0.25, 0.3) is 21.7 Å². The smallest absolute Gasteiger partial charge is 0.298 e. The van der Waals surface area contributed by atoms with E-state index in [0.717, 1.165) is 21.6 Å². The number of aryl methyl sites for hydroxylation is 1. The molecule has 4 rings (SSSR count). The number of carbonyl (C=O) groups excluding carboxylic acids is 1. The van der Waals surface area contributed by atoms with Crippen molar-refractivity contribution in [3.05, 3.63) is 41.6 Å². The van der Waals surface area contributed by atoms with Crippen LogP contribution in [0.1, 0.15) is 67.9 Å². The fraction of sp³-hybridized carbons (Fsp3) is 0.381. The zero-order valence-electron chi connectivity index (χ0n) is 18.3. The van der Waals surface area contributed by atoms with Crippen molar-refractivity contribution in [2.45, 2.75) is 53.1 Å². The number of fused-ring (bicyclic) bond motifs is 1. The molecule has 4 aromatic heterocycles. The molecule has 168 valence electrons. The van der Waals surface area contributed by atoms with Crippen LogP contribution in [0.5, 0.6) is 0 Å². The SMILES string of the molecule is Cc1nc(NC(=O)c2cc(C(C)C)nc3c2cnn3C(C)C)sc1-c1nccn1C(F)F. The Morgan fingerprint density at radius 1 is 1.19 bits per heavy atom. The number of imidazole rings is 1. The van der Waals surface area contributed by atoms with E-state index in [4.69, 9.17) is 4.98 Å². The standard InChI is InChI=1S/C21H23F2N7OS/c1-10(2)15-8-13(14-9-25-30(11(3)4)17(14)27-15)19(31)28-21-26-12(5)16(32-21)18-24-6-7-29(18)20(22)23/h6-11,20H,1-5H3,(H,26,28,31). The maximum atomic E-state index is 13.3. The van der Waals surface area contributed by atoms with E-state index in [1.807, 2.05) is 27.7 Å². The van der Waals surface area contributed by atoms with E-state index in [2.05, 4.69) is 20.4 Å². The highest BCUT2D eigenvalue weighted by Crippen LogP contribution is 2.34. The third-order valence-electron chi connectivity index (χ3n) is 5.01. The molecule has 0 radical (unpaired) electrons. The minimum absolute atomic E-state index is 0.0843. The molecular weight excluding hydrogens is 436 g/mol. The van der Waals surface area contributed by atoms with E-state index < -0.39 is 6.55 Å².